The summed E-state index contributed by atoms with van der Waals surface area (Å²) in [6, 6.07) is 11.6. The van der Waals surface area contributed by atoms with Crippen LogP contribution in [0.15, 0.2) is 30.3 Å². The minimum absolute atomic E-state index is 0.582. The van der Waals surface area contributed by atoms with Crippen LogP contribution in [-0.2, 0) is 0 Å². The normalized spacial score (nSPS) is 49.0. The van der Waals surface area contributed by atoms with E-state index in [0.29, 0.717) is 6.04 Å². The number of fused-ring (bicyclic) bond motifs is 5. The van der Waals surface area contributed by atoms with Gasteiger partial charge in [-0.15, -0.1) is 0 Å². The molecule has 7 unspecified atom stereocenters. The lowest BCUT2D eigenvalue weighted by Crippen LogP contribution is -2.40. The topological polar surface area (TPSA) is 38.0 Å². The number of nitrogens with one attached hydrogen (secondary N) is 1. The van der Waals surface area contributed by atoms with E-state index in [4.69, 9.17) is 5.84 Å². The highest BCUT2D eigenvalue weighted by Crippen LogP contribution is 2.72. The molecule has 5 rings (SSSR count). The maximum absolute atomic E-state index is 5.96. The molecule has 106 valence electrons. The first-order valence-electron chi connectivity index (χ1n) is 8.39. The molecule has 4 saturated carbocycles. The van der Waals surface area contributed by atoms with Crippen LogP contribution in [0, 0.1) is 35.5 Å². The molecule has 3 N–H and O–H groups in total. The molecule has 0 spiro atoms. The number of hydrogen-bond donors (Lipinski definition) is 2. The molecule has 4 aliphatic rings. The van der Waals surface area contributed by atoms with Crippen LogP contribution in [0.25, 0.3) is 0 Å². The smallest absolute Gasteiger partial charge is 0.0278 e. The molecule has 4 fully saturated rings. The lowest BCUT2D eigenvalue weighted by atomic mass is 9.93. The summed E-state index contributed by atoms with van der Waals surface area (Å²) in [5.41, 5.74) is 4.74. The van der Waals surface area contributed by atoms with E-state index >= 15 is 0 Å². The van der Waals surface area contributed by atoms with Crippen molar-refractivity contribution in [3.8, 4) is 0 Å². The van der Waals surface area contributed by atoms with E-state index in [1.54, 1.807) is 0 Å². The Morgan fingerprint density at radius 2 is 1.70 bits per heavy atom. The predicted molar refractivity (Wildman–Crippen MR) is 79.7 cm³/mol. The molecular formula is C18H24N2. The molecule has 0 saturated heterocycles. The minimum Gasteiger partial charge on any atom is -0.271 e. The largest absolute Gasteiger partial charge is 0.271 e. The molecule has 1 aromatic carbocycles. The van der Waals surface area contributed by atoms with Crippen molar-refractivity contribution in [3.63, 3.8) is 0 Å². The Balaban J connectivity index is 1.32. The Labute approximate surface area is 121 Å². The van der Waals surface area contributed by atoms with E-state index in [-0.39, 0.29) is 0 Å². The monoisotopic (exact) mass is 268 g/mol. The summed E-state index contributed by atoms with van der Waals surface area (Å²) >= 11 is 0. The van der Waals surface area contributed by atoms with Crippen molar-refractivity contribution in [2.24, 2.45) is 41.4 Å². The summed E-state index contributed by atoms with van der Waals surface area (Å²) in [5, 5.41) is 0. The molecule has 0 heterocycles. The summed E-state index contributed by atoms with van der Waals surface area (Å²) in [6.45, 7) is 0. The van der Waals surface area contributed by atoms with Gasteiger partial charge in [0.15, 0.2) is 0 Å². The molecule has 2 nitrogen and oxygen atoms in total. The number of rotatable bonds is 4. The van der Waals surface area contributed by atoms with Crippen molar-refractivity contribution in [1.29, 1.82) is 0 Å². The summed E-state index contributed by atoms with van der Waals surface area (Å²) in [6.07, 6.45) is 5.89. The van der Waals surface area contributed by atoms with E-state index in [2.05, 4.69) is 35.8 Å². The van der Waals surface area contributed by atoms with Gasteiger partial charge in [0.05, 0.1) is 0 Å². The molecule has 1 aromatic rings. The van der Waals surface area contributed by atoms with Crippen molar-refractivity contribution < 1.29 is 0 Å². The van der Waals surface area contributed by atoms with Crippen LogP contribution in [0.4, 0.5) is 0 Å². The van der Waals surface area contributed by atoms with Gasteiger partial charge in [-0.1, -0.05) is 30.3 Å². The third kappa shape index (κ3) is 1.52. The maximum Gasteiger partial charge on any atom is 0.0278 e. The van der Waals surface area contributed by atoms with Crippen LogP contribution >= 0.6 is 0 Å². The second-order valence-electron chi connectivity index (χ2n) is 7.67. The molecule has 2 bridgehead atoms. The van der Waals surface area contributed by atoms with Gasteiger partial charge < -0.3 is 0 Å². The van der Waals surface area contributed by atoms with Gasteiger partial charge in [-0.3, -0.25) is 11.3 Å². The van der Waals surface area contributed by atoms with Crippen molar-refractivity contribution in [2.45, 2.75) is 37.6 Å². The number of nitrogens with two attached hydrogens (primary N) is 1. The fourth-order valence-electron chi connectivity index (χ4n) is 6.09. The minimum atomic E-state index is 0.582. The zero-order valence-corrected chi connectivity index (χ0v) is 11.9. The summed E-state index contributed by atoms with van der Waals surface area (Å²) in [5.74, 6) is 12.6. The van der Waals surface area contributed by atoms with E-state index < -0.39 is 0 Å². The summed E-state index contributed by atoms with van der Waals surface area (Å²) in [7, 11) is 0. The fraction of sp³-hybridized carbons (Fsp3) is 0.667. The Hall–Kier alpha value is -0.860. The highest BCUT2D eigenvalue weighted by molar-refractivity contribution is 5.28. The lowest BCUT2D eigenvalue weighted by Gasteiger charge is -2.20. The van der Waals surface area contributed by atoms with Crippen molar-refractivity contribution in [3.05, 3.63) is 35.9 Å². The van der Waals surface area contributed by atoms with Crippen LogP contribution in [0.5, 0.6) is 0 Å². The van der Waals surface area contributed by atoms with Crippen LogP contribution in [-0.4, -0.2) is 6.04 Å². The second-order valence-corrected chi connectivity index (χ2v) is 7.67. The molecule has 7 atom stereocenters. The molecule has 0 radical (unpaired) electrons. The zero-order valence-electron chi connectivity index (χ0n) is 11.9. The quantitative estimate of drug-likeness (QED) is 0.651. The lowest BCUT2D eigenvalue weighted by molar-refractivity contribution is 0.336. The maximum atomic E-state index is 5.96. The first kappa shape index (κ1) is 11.8. The van der Waals surface area contributed by atoms with E-state index in [1.165, 1.54) is 31.2 Å². The van der Waals surface area contributed by atoms with Gasteiger partial charge >= 0.3 is 0 Å². The Morgan fingerprint density at radius 1 is 1.00 bits per heavy atom. The zero-order chi connectivity index (χ0) is 13.3. The molecule has 0 amide bonds. The summed E-state index contributed by atoms with van der Waals surface area (Å²) < 4.78 is 0. The van der Waals surface area contributed by atoms with Gasteiger partial charge in [0.2, 0.25) is 0 Å². The van der Waals surface area contributed by atoms with Crippen LogP contribution < -0.4 is 11.3 Å². The van der Waals surface area contributed by atoms with Crippen molar-refractivity contribution >= 4 is 0 Å². The first-order chi connectivity index (χ1) is 9.88. The van der Waals surface area contributed by atoms with Gasteiger partial charge in [-0.25, -0.2) is 0 Å². The van der Waals surface area contributed by atoms with Crippen LogP contribution in [0.2, 0.25) is 0 Å². The second kappa shape index (κ2) is 4.08. The molecular weight excluding hydrogens is 244 g/mol. The van der Waals surface area contributed by atoms with E-state index in [9.17, 15) is 0 Å². The molecule has 20 heavy (non-hydrogen) atoms. The highest BCUT2D eigenvalue weighted by Gasteiger charge is 2.68. The molecule has 0 aromatic heterocycles. The Kier molecular flexibility index (Phi) is 2.40. The van der Waals surface area contributed by atoms with Gasteiger partial charge in [-0.05, 0) is 72.7 Å². The predicted octanol–water partition coefficient (Wildman–Crippen LogP) is 2.91. The third-order valence-corrected chi connectivity index (χ3v) is 6.93. The van der Waals surface area contributed by atoms with Gasteiger partial charge in [0.25, 0.3) is 0 Å². The highest BCUT2D eigenvalue weighted by atomic mass is 15.2. The standard InChI is InChI=1S/C18H24N2/c19-20-18(14-9-13(14)10-4-2-1-3-5-10)17-15-11-6-7-12(8-11)16(15)17/h1-5,11-18,20H,6-9,19H2. The van der Waals surface area contributed by atoms with Gasteiger partial charge in [0.1, 0.15) is 0 Å². The van der Waals surface area contributed by atoms with E-state index in [1.807, 2.05) is 0 Å². The average molecular weight is 268 g/mol. The average Bonchev–Trinajstić information content (AvgIpc) is 3.37. The molecule has 0 aliphatic heterocycles. The van der Waals surface area contributed by atoms with Crippen molar-refractivity contribution in [2.75, 3.05) is 0 Å². The molecule has 2 heteroatoms. The fourth-order valence-corrected chi connectivity index (χ4v) is 6.09. The van der Waals surface area contributed by atoms with Gasteiger partial charge in [0, 0.05) is 6.04 Å². The SMILES string of the molecule is NNC(C1CC1c1ccccc1)C1C2C3CCC(C3)C21. The Bertz CT molecular complexity index is 497. The third-order valence-electron chi connectivity index (χ3n) is 6.93. The van der Waals surface area contributed by atoms with Gasteiger partial charge in [-0.2, -0.15) is 0 Å². The first-order valence-corrected chi connectivity index (χ1v) is 8.39. The van der Waals surface area contributed by atoms with Crippen LogP contribution in [0.3, 0.4) is 0 Å². The van der Waals surface area contributed by atoms with Crippen LogP contribution in [0.1, 0.15) is 37.2 Å². The summed E-state index contributed by atoms with van der Waals surface area (Å²) in [4.78, 5) is 0. The number of hydrazine groups is 1. The van der Waals surface area contributed by atoms with E-state index in [0.717, 1.165) is 41.4 Å². The Morgan fingerprint density at radius 3 is 2.35 bits per heavy atom. The number of benzene rings is 1. The van der Waals surface area contributed by atoms with Crippen molar-refractivity contribution in [1.82, 2.24) is 5.43 Å². The molecule has 4 aliphatic carbocycles. The number of hydrogen-bond acceptors (Lipinski definition) is 2.